The Kier molecular flexibility index (Phi) is 12.8. The summed E-state index contributed by atoms with van der Waals surface area (Å²) in [6.07, 6.45) is 19.5. The second-order valence-electron chi connectivity index (χ2n) is 7.74. The maximum atomic E-state index is 10.9. The van der Waals surface area contributed by atoms with Gasteiger partial charge in [-0.2, -0.15) is 0 Å². The van der Waals surface area contributed by atoms with Crippen LogP contribution in [-0.2, 0) is 5.60 Å². The van der Waals surface area contributed by atoms with E-state index in [0.29, 0.717) is 0 Å². The number of hydrogen-bond donors (Lipinski definition) is 1. The van der Waals surface area contributed by atoms with Gasteiger partial charge in [-0.25, -0.2) is 0 Å². The minimum atomic E-state index is -0.626. The molecule has 1 aromatic carbocycles. The maximum Gasteiger partial charge on any atom is 0.0893 e. The zero-order valence-corrected chi connectivity index (χ0v) is 16.9. The molecule has 0 unspecified atom stereocenters. The molecule has 1 aromatic rings. The Balaban J connectivity index is 1.97. The van der Waals surface area contributed by atoms with Crippen molar-refractivity contribution in [3.05, 3.63) is 35.9 Å². The summed E-state index contributed by atoms with van der Waals surface area (Å²) in [7, 11) is 0. The summed E-state index contributed by atoms with van der Waals surface area (Å²) in [6, 6.07) is 10.2. The van der Waals surface area contributed by atoms with Crippen molar-refractivity contribution >= 4 is 0 Å². The monoisotopic (exact) mass is 346 g/mol. The van der Waals surface area contributed by atoms with Gasteiger partial charge in [0.25, 0.3) is 0 Å². The van der Waals surface area contributed by atoms with Gasteiger partial charge in [-0.05, 0) is 18.4 Å². The van der Waals surface area contributed by atoms with Crippen LogP contribution in [0.3, 0.4) is 0 Å². The fourth-order valence-electron chi connectivity index (χ4n) is 3.71. The van der Waals surface area contributed by atoms with E-state index < -0.39 is 5.60 Å². The molecule has 1 nitrogen and oxygen atoms in total. The van der Waals surface area contributed by atoms with E-state index in [1.807, 2.05) is 18.2 Å². The van der Waals surface area contributed by atoms with Crippen LogP contribution in [0.15, 0.2) is 30.3 Å². The maximum absolute atomic E-state index is 10.9. The van der Waals surface area contributed by atoms with E-state index in [2.05, 4.69) is 26.0 Å². The van der Waals surface area contributed by atoms with Gasteiger partial charge in [-0.15, -0.1) is 0 Å². The molecule has 0 saturated heterocycles. The molecule has 0 bridgehead atoms. The van der Waals surface area contributed by atoms with Gasteiger partial charge in [0, 0.05) is 0 Å². The highest BCUT2D eigenvalue weighted by atomic mass is 16.3. The third-order valence-electron chi connectivity index (χ3n) is 5.59. The second kappa shape index (κ2) is 14.4. The third-order valence-corrected chi connectivity index (χ3v) is 5.59. The minimum absolute atomic E-state index is 0.626. The lowest BCUT2D eigenvalue weighted by atomic mass is 9.86. The molecular formula is C24H42O. The Morgan fingerprint density at radius 2 is 1.08 bits per heavy atom. The van der Waals surface area contributed by atoms with E-state index in [0.717, 1.165) is 24.8 Å². The van der Waals surface area contributed by atoms with E-state index in [4.69, 9.17) is 0 Å². The van der Waals surface area contributed by atoms with Crippen LogP contribution < -0.4 is 0 Å². The van der Waals surface area contributed by atoms with Crippen LogP contribution in [0.25, 0.3) is 0 Å². The number of unbranched alkanes of at least 4 members (excludes halogenated alkanes) is 12. The first-order chi connectivity index (χ1) is 12.2. The molecular weight excluding hydrogens is 304 g/mol. The molecule has 0 aliphatic rings. The lowest BCUT2D eigenvalue weighted by molar-refractivity contribution is 0.0207. The quantitative estimate of drug-likeness (QED) is 0.303. The Bertz CT molecular complexity index is 400. The smallest absolute Gasteiger partial charge is 0.0893 e. The lowest BCUT2D eigenvalue weighted by Gasteiger charge is -2.27. The third kappa shape index (κ3) is 10.0. The zero-order valence-electron chi connectivity index (χ0n) is 16.9. The van der Waals surface area contributed by atoms with Gasteiger partial charge >= 0.3 is 0 Å². The predicted molar refractivity (Wildman–Crippen MR) is 111 cm³/mol. The molecule has 0 heterocycles. The first-order valence-corrected chi connectivity index (χ1v) is 11.0. The fraction of sp³-hybridized carbons (Fsp3) is 0.750. The summed E-state index contributed by atoms with van der Waals surface area (Å²) in [4.78, 5) is 0. The summed E-state index contributed by atoms with van der Waals surface area (Å²) in [5.74, 6) is 0. The van der Waals surface area contributed by atoms with Gasteiger partial charge in [-0.1, -0.05) is 128 Å². The molecule has 0 amide bonds. The van der Waals surface area contributed by atoms with Gasteiger partial charge in [-0.3, -0.25) is 0 Å². The Morgan fingerprint density at radius 1 is 0.640 bits per heavy atom. The molecule has 1 rings (SSSR count). The predicted octanol–water partition coefficient (Wildman–Crippen LogP) is 7.77. The summed E-state index contributed by atoms with van der Waals surface area (Å²) >= 11 is 0. The highest BCUT2D eigenvalue weighted by molar-refractivity contribution is 5.21. The van der Waals surface area contributed by atoms with Crippen LogP contribution in [0.1, 0.15) is 116 Å². The summed E-state index contributed by atoms with van der Waals surface area (Å²) in [5.41, 5.74) is 0.454. The van der Waals surface area contributed by atoms with Gasteiger partial charge in [0.1, 0.15) is 0 Å². The molecule has 0 aliphatic heterocycles. The standard InChI is InChI=1S/C24H42O/c1-3-5-6-7-8-9-10-11-12-13-14-15-19-22-24(25,4-2)23-20-17-16-18-21-23/h16-18,20-21,25H,3-15,19,22H2,1-2H3/t24-/m1/s1. The highest BCUT2D eigenvalue weighted by Gasteiger charge is 2.25. The van der Waals surface area contributed by atoms with Crippen molar-refractivity contribution < 1.29 is 5.11 Å². The van der Waals surface area contributed by atoms with Crippen molar-refractivity contribution in [1.82, 2.24) is 0 Å². The molecule has 1 N–H and O–H groups in total. The lowest BCUT2D eigenvalue weighted by Crippen LogP contribution is -2.24. The first kappa shape index (κ1) is 22.2. The van der Waals surface area contributed by atoms with Crippen LogP contribution in [0.4, 0.5) is 0 Å². The number of aliphatic hydroxyl groups is 1. The number of benzene rings is 1. The topological polar surface area (TPSA) is 20.2 Å². The summed E-state index contributed by atoms with van der Waals surface area (Å²) in [5, 5.41) is 10.9. The van der Waals surface area contributed by atoms with Gasteiger partial charge in [0.15, 0.2) is 0 Å². The van der Waals surface area contributed by atoms with Gasteiger partial charge in [0.05, 0.1) is 5.60 Å². The molecule has 0 saturated carbocycles. The fourth-order valence-corrected chi connectivity index (χ4v) is 3.71. The normalized spacial score (nSPS) is 13.7. The van der Waals surface area contributed by atoms with Crippen LogP contribution in [0.2, 0.25) is 0 Å². The Morgan fingerprint density at radius 3 is 1.52 bits per heavy atom. The van der Waals surface area contributed by atoms with E-state index >= 15 is 0 Å². The van der Waals surface area contributed by atoms with E-state index in [1.165, 1.54) is 77.0 Å². The molecule has 0 radical (unpaired) electrons. The summed E-state index contributed by atoms with van der Waals surface area (Å²) < 4.78 is 0. The molecule has 144 valence electrons. The van der Waals surface area contributed by atoms with E-state index in [9.17, 15) is 5.11 Å². The first-order valence-electron chi connectivity index (χ1n) is 11.0. The van der Waals surface area contributed by atoms with E-state index in [1.54, 1.807) is 0 Å². The SMILES string of the molecule is CCCCCCCCCCCCCCC[C@](O)(CC)c1ccccc1. The van der Waals surface area contributed by atoms with Crippen LogP contribution in [0.5, 0.6) is 0 Å². The van der Waals surface area contributed by atoms with Crippen molar-refractivity contribution in [3.8, 4) is 0 Å². The van der Waals surface area contributed by atoms with E-state index in [-0.39, 0.29) is 0 Å². The number of hydrogen-bond acceptors (Lipinski definition) is 1. The molecule has 0 fully saturated rings. The minimum Gasteiger partial charge on any atom is -0.385 e. The molecule has 1 atom stereocenters. The Hall–Kier alpha value is -0.820. The largest absolute Gasteiger partial charge is 0.385 e. The zero-order chi connectivity index (χ0) is 18.2. The molecule has 25 heavy (non-hydrogen) atoms. The van der Waals surface area contributed by atoms with Crippen molar-refractivity contribution in [3.63, 3.8) is 0 Å². The summed E-state index contributed by atoms with van der Waals surface area (Å²) in [6.45, 7) is 4.37. The van der Waals surface area contributed by atoms with Gasteiger partial charge < -0.3 is 5.11 Å². The van der Waals surface area contributed by atoms with Crippen molar-refractivity contribution in [2.45, 2.75) is 116 Å². The number of rotatable bonds is 16. The molecule has 0 aromatic heterocycles. The second-order valence-corrected chi connectivity index (χ2v) is 7.74. The van der Waals surface area contributed by atoms with Crippen molar-refractivity contribution in [1.29, 1.82) is 0 Å². The van der Waals surface area contributed by atoms with Crippen LogP contribution in [-0.4, -0.2) is 5.11 Å². The average Bonchev–Trinajstić information content (AvgIpc) is 2.66. The molecule has 0 aliphatic carbocycles. The van der Waals surface area contributed by atoms with Crippen molar-refractivity contribution in [2.24, 2.45) is 0 Å². The van der Waals surface area contributed by atoms with Gasteiger partial charge in [0.2, 0.25) is 0 Å². The molecule has 0 spiro atoms. The Labute approximate surface area is 157 Å². The van der Waals surface area contributed by atoms with Crippen LogP contribution in [0, 0.1) is 0 Å². The average molecular weight is 347 g/mol. The highest BCUT2D eigenvalue weighted by Crippen LogP contribution is 2.30. The van der Waals surface area contributed by atoms with Crippen molar-refractivity contribution in [2.75, 3.05) is 0 Å². The van der Waals surface area contributed by atoms with Crippen LogP contribution >= 0.6 is 0 Å². The molecule has 1 heteroatoms.